The number of hydrogen-bond acceptors (Lipinski definition) is 2. The van der Waals surface area contributed by atoms with Gasteiger partial charge in [-0.3, -0.25) is 9.59 Å². The van der Waals surface area contributed by atoms with Crippen LogP contribution >= 0.6 is 0 Å². The summed E-state index contributed by atoms with van der Waals surface area (Å²) in [6.07, 6.45) is 1.50. The van der Waals surface area contributed by atoms with Crippen LogP contribution in [0.4, 0.5) is 0 Å². The van der Waals surface area contributed by atoms with Crippen molar-refractivity contribution in [3.8, 4) is 0 Å². The third-order valence-corrected chi connectivity index (χ3v) is 2.71. The maximum absolute atomic E-state index is 11.9. The molecular weight excluding hydrogens is 228 g/mol. The molecule has 1 amide bonds. The standard InChI is InChI=1S/C14H14N2O2/c1-10(11-6-3-2-4-7-11)16-14(18)12-8-5-9-15-13(12)17/h2-10H,1H3,(H,15,17)(H,16,18). The van der Waals surface area contributed by atoms with Crippen molar-refractivity contribution in [2.45, 2.75) is 13.0 Å². The normalized spacial score (nSPS) is 11.8. The van der Waals surface area contributed by atoms with E-state index in [2.05, 4.69) is 10.3 Å². The lowest BCUT2D eigenvalue weighted by Gasteiger charge is -2.13. The van der Waals surface area contributed by atoms with E-state index in [9.17, 15) is 9.59 Å². The Bertz CT molecular complexity index is 590. The van der Waals surface area contributed by atoms with Crippen LogP contribution in [-0.2, 0) is 0 Å². The molecule has 0 bridgehead atoms. The number of aromatic nitrogens is 1. The maximum atomic E-state index is 11.9. The van der Waals surface area contributed by atoms with Crippen molar-refractivity contribution in [2.75, 3.05) is 0 Å². The van der Waals surface area contributed by atoms with Gasteiger partial charge < -0.3 is 10.3 Å². The molecule has 4 nitrogen and oxygen atoms in total. The van der Waals surface area contributed by atoms with E-state index in [1.54, 1.807) is 6.07 Å². The van der Waals surface area contributed by atoms with Crippen molar-refractivity contribution in [1.29, 1.82) is 0 Å². The summed E-state index contributed by atoms with van der Waals surface area (Å²) in [5.74, 6) is -0.367. The number of pyridine rings is 1. The second-order valence-corrected chi connectivity index (χ2v) is 4.02. The zero-order valence-electron chi connectivity index (χ0n) is 10.0. The first-order chi connectivity index (χ1) is 8.68. The Labute approximate surface area is 105 Å². The second-order valence-electron chi connectivity index (χ2n) is 4.02. The monoisotopic (exact) mass is 242 g/mol. The van der Waals surface area contributed by atoms with Crippen molar-refractivity contribution in [3.05, 3.63) is 70.1 Å². The quantitative estimate of drug-likeness (QED) is 0.863. The molecule has 1 atom stereocenters. The topological polar surface area (TPSA) is 62.0 Å². The molecule has 0 spiro atoms. The van der Waals surface area contributed by atoms with Crippen LogP contribution in [0.1, 0.15) is 28.9 Å². The molecule has 1 unspecified atom stereocenters. The maximum Gasteiger partial charge on any atom is 0.260 e. The van der Waals surface area contributed by atoms with Gasteiger partial charge in [-0.1, -0.05) is 30.3 Å². The summed E-state index contributed by atoms with van der Waals surface area (Å²) in [6.45, 7) is 1.88. The van der Waals surface area contributed by atoms with Crippen molar-refractivity contribution in [1.82, 2.24) is 10.3 Å². The first kappa shape index (κ1) is 12.1. The van der Waals surface area contributed by atoms with Gasteiger partial charge >= 0.3 is 0 Å². The van der Waals surface area contributed by atoms with Gasteiger partial charge in [0.25, 0.3) is 11.5 Å². The minimum atomic E-state index is -0.379. The van der Waals surface area contributed by atoms with Crippen molar-refractivity contribution < 1.29 is 4.79 Å². The Hall–Kier alpha value is -2.36. The Balaban J connectivity index is 2.14. The van der Waals surface area contributed by atoms with Crippen molar-refractivity contribution in [3.63, 3.8) is 0 Å². The van der Waals surface area contributed by atoms with Gasteiger partial charge in [0.15, 0.2) is 0 Å². The molecule has 4 heteroatoms. The Morgan fingerprint density at radius 2 is 1.89 bits per heavy atom. The van der Waals surface area contributed by atoms with Gasteiger partial charge in [-0.2, -0.15) is 0 Å². The zero-order valence-corrected chi connectivity index (χ0v) is 10.0. The van der Waals surface area contributed by atoms with Crippen LogP contribution in [0.5, 0.6) is 0 Å². The van der Waals surface area contributed by atoms with Crippen LogP contribution in [0.2, 0.25) is 0 Å². The van der Waals surface area contributed by atoms with Crippen LogP contribution in [0, 0.1) is 0 Å². The molecule has 2 N–H and O–H groups in total. The number of amides is 1. The van der Waals surface area contributed by atoms with Gasteiger partial charge in [-0.15, -0.1) is 0 Å². The molecule has 0 aliphatic carbocycles. The summed E-state index contributed by atoms with van der Waals surface area (Å²) in [4.78, 5) is 25.9. The van der Waals surface area contributed by atoms with Crippen LogP contribution in [0.15, 0.2) is 53.5 Å². The molecule has 1 aromatic carbocycles. The van der Waals surface area contributed by atoms with Crippen LogP contribution in [0.25, 0.3) is 0 Å². The number of nitrogens with one attached hydrogen (secondary N) is 2. The predicted octanol–water partition coefficient (Wildman–Crippen LogP) is 1.87. The first-order valence-corrected chi connectivity index (χ1v) is 5.72. The molecule has 0 saturated heterocycles. The number of benzene rings is 1. The molecule has 1 aromatic heterocycles. The van der Waals surface area contributed by atoms with Crippen molar-refractivity contribution >= 4 is 5.91 Å². The molecule has 0 radical (unpaired) electrons. The fourth-order valence-corrected chi connectivity index (χ4v) is 1.70. The van der Waals surface area contributed by atoms with E-state index in [4.69, 9.17) is 0 Å². The summed E-state index contributed by atoms with van der Waals surface area (Å²) in [5, 5.41) is 2.79. The fraction of sp³-hybridized carbons (Fsp3) is 0.143. The van der Waals surface area contributed by atoms with Gasteiger partial charge in [-0.05, 0) is 24.6 Å². The van der Waals surface area contributed by atoms with Crippen LogP contribution in [-0.4, -0.2) is 10.9 Å². The molecule has 92 valence electrons. The van der Waals surface area contributed by atoms with Gasteiger partial charge in [-0.25, -0.2) is 0 Å². The second kappa shape index (κ2) is 5.31. The Kier molecular flexibility index (Phi) is 3.57. The summed E-state index contributed by atoms with van der Waals surface area (Å²) in [7, 11) is 0. The highest BCUT2D eigenvalue weighted by Crippen LogP contribution is 2.11. The average molecular weight is 242 g/mol. The fourth-order valence-electron chi connectivity index (χ4n) is 1.70. The Morgan fingerprint density at radius 3 is 2.56 bits per heavy atom. The number of aromatic amines is 1. The number of hydrogen-bond donors (Lipinski definition) is 2. The van der Waals surface area contributed by atoms with E-state index >= 15 is 0 Å². The lowest BCUT2D eigenvalue weighted by Crippen LogP contribution is -2.31. The highest BCUT2D eigenvalue weighted by Gasteiger charge is 2.13. The molecule has 0 fully saturated rings. The molecule has 0 aliphatic heterocycles. The van der Waals surface area contributed by atoms with Gasteiger partial charge in [0.05, 0.1) is 6.04 Å². The largest absolute Gasteiger partial charge is 0.345 e. The third kappa shape index (κ3) is 2.66. The zero-order chi connectivity index (χ0) is 13.0. The molecule has 2 aromatic rings. The highest BCUT2D eigenvalue weighted by atomic mass is 16.2. The minimum absolute atomic E-state index is 0.125. The number of rotatable bonds is 3. The van der Waals surface area contributed by atoms with Gasteiger partial charge in [0.2, 0.25) is 0 Å². The van der Waals surface area contributed by atoms with Gasteiger partial charge in [0, 0.05) is 6.20 Å². The predicted molar refractivity (Wildman–Crippen MR) is 69.4 cm³/mol. The molecule has 1 heterocycles. The van der Waals surface area contributed by atoms with Crippen LogP contribution < -0.4 is 10.9 Å². The minimum Gasteiger partial charge on any atom is -0.345 e. The average Bonchev–Trinajstić information content (AvgIpc) is 2.40. The van der Waals surface area contributed by atoms with E-state index in [0.717, 1.165) is 5.56 Å². The summed E-state index contributed by atoms with van der Waals surface area (Å²) in [6, 6.07) is 12.6. The molecule has 18 heavy (non-hydrogen) atoms. The van der Waals surface area contributed by atoms with E-state index < -0.39 is 0 Å². The SMILES string of the molecule is CC(NC(=O)c1ccc[nH]c1=O)c1ccccc1. The highest BCUT2D eigenvalue weighted by molar-refractivity contribution is 5.93. The summed E-state index contributed by atoms with van der Waals surface area (Å²) >= 11 is 0. The van der Waals surface area contributed by atoms with E-state index in [-0.39, 0.29) is 23.1 Å². The van der Waals surface area contributed by atoms with E-state index in [0.29, 0.717) is 0 Å². The molecular formula is C14H14N2O2. The number of carbonyl (C=O) groups excluding carboxylic acids is 1. The van der Waals surface area contributed by atoms with Gasteiger partial charge in [0.1, 0.15) is 5.56 Å². The van der Waals surface area contributed by atoms with Crippen LogP contribution in [0.3, 0.4) is 0 Å². The molecule has 0 aliphatic rings. The number of H-pyrrole nitrogens is 1. The number of carbonyl (C=O) groups is 1. The molecule has 2 rings (SSSR count). The van der Waals surface area contributed by atoms with E-state index in [1.807, 2.05) is 37.3 Å². The lowest BCUT2D eigenvalue weighted by molar-refractivity contribution is 0.0938. The van der Waals surface area contributed by atoms with Crippen molar-refractivity contribution in [2.24, 2.45) is 0 Å². The Morgan fingerprint density at radius 1 is 1.17 bits per heavy atom. The first-order valence-electron chi connectivity index (χ1n) is 5.72. The molecule has 0 saturated carbocycles. The third-order valence-electron chi connectivity index (χ3n) is 2.71. The lowest BCUT2D eigenvalue weighted by atomic mass is 10.1. The summed E-state index contributed by atoms with van der Waals surface area (Å²) in [5.41, 5.74) is 0.744. The summed E-state index contributed by atoms with van der Waals surface area (Å²) < 4.78 is 0. The smallest absolute Gasteiger partial charge is 0.260 e. The van der Waals surface area contributed by atoms with E-state index in [1.165, 1.54) is 12.3 Å².